The molecule has 1 aliphatic rings. The maximum Gasteiger partial charge on any atom is 0.246 e. The van der Waals surface area contributed by atoms with E-state index in [1.54, 1.807) is 46.3 Å². The molecule has 0 saturated carbocycles. The fourth-order valence-corrected chi connectivity index (χ4v) is 4.37. The zero-order valence-electron chi connectivity index (χ0n) is 20.4. The van der Waals surface area contributed by atoms with Crippen LogP contribution in [0.2, 0.25) is 0 Å². The normalized spacial score (nSPS) is 13.8. The molecule has 0 atom stereocenters. The Hall–Kier alpha value is -4.59. The van der Waals surface area contributed by atoms with Crippen molar-refractivity contribution in [2.45, 2.75) is 6.92 Å². The Morgan fingerprint density at radius 1 is 0.973 bits per heavy atom. The van der Waals surface area contributed by atoms with E-state index >= 15 is 0 Å². The predicted octanol–water partition coefficient (Wildman–Crippen LogP) is 4.64. The molecule has 8 heteroatoms. The van der Waals surface area contributed by atoms with Crippen LogP contribution in [0.3, 0.4) is 0 Å². The van der Waals surface area contributed by atoms with Gasteiger partial charge in [0.1, 0.15) is 11.5 Å². The summed E-state index contributed by atoms with van der Waals surface area (Å²) in [7, 11) is 0. The third kappa shape index (κ3) is 5.33. The summed E-state index contributed by atoms with van der Waals surface area (Å²) in [6.07, 6.45) is 8.69. The highest BCUT2D eigenvalue weighted by molar-refractivity contribution is 5.94. The van der Waals surface area contributed by atoms with E-state index in [1.807, 2.05) is 53.6 Å². The van der Waals surface area contributed by atoms with Crippen LogP contribution in [0.4, 0.5) is 10.1 Å². The van der Waals surface area contributed by atoms with Crippen LogP contribution in [0.1, 0.15) is 22.8 Å². The molecule has 4 aromatic rings. The Bertz CT molecular complexity index is 1440. The van der Waals surface area contributed by atoms with Crippen molar-refractivity contribution in [3.8, 4) is 16.9 Å². The minimum absolute atomic E-state index is 0.114. The molecule has 1 saturated heterocycles. The van der Waals surface area contributed by atoms with Crippen LogP contribution in [0.5, 0.6) is 0 Å². The lowest BCUT2D eigenvalue weighted by Crippen LogP contribution is -2.48. The number of rotatable bonds is 6. The summed E-state index contributed by atoms with van der Waals surface area (Å²) in [5.41, 5.74) is 4.10. The van der Waals surface area contributed by atoms with Gasteiger partial charge in [-0.2, -0.15) is 5.10 Å². The van der Waals surface area contributed by atoms with Crippen molar-refractivity contribution >= 4 is 23.5 Å². The van der Waals surface area contributed by atoms with Crippen molar-refractivity contribution in [3.05, 3.63) is 102 Å². The second-order valence-corrected chi connectivity index (χ2v) is 8.82. The van der Waals surface area contributed by atoms with Crippen LogP contribution >= 0.6 is 0 Å². The number of pyridine rings is 1. The third-order valence-corrected chi connectivity index (χ3v) is 6.39. The topological polar surface area (TPSA) is 71.3 Å². The molecule has 186 valence electrons. The van der Waals surface area contributed by atoms with E-state index in [-0.39, 0.29) is 11.7 Å². The number of aromatic nitrogens is 3. The maximum atomic E-state index is 14.6. The number of carbonyl (C=O) groups excluding carboxylic acids is 2. The maximum absolute atomic E-state index is 14.6. The van der Waals surface area contributed by atoms with Gasteiger partial charge in [-0.3, -0.25) is 14.6 Å². The Morgan fingerprint density at radius 2 is 1.76 bits per heavy atom. The van der Waals surface area contributed by atoms with Gasteiger partial charge in [0.05, 0.1) is 11.4 Å². The summed E-state index contributed by atoms with van der Waals surface area (Å²) >= 11 is 0. The number of halogens is 1. The molecule has 0 N–H and O–H groups in total. The second kappa shape index (κ2) is 10.6. The number of piperazine rings is 1. The number of anilines is 1. The molecule has 2 aromatic heterocycles. The van der Waals surface area contributed by atoms with Crippen molar-refractivity contribution in [2.75, 3.05) is 31.1 Å². The molecule has 5 rings (SSSR count). The summed E-state index contributed by atoms with van der Waals surface area (Å²) in [5, 5.41) is 4.75. The zero-order valence-corrected chi connectivity index (χ0v) is 20.4. The Kier molecular flexibility index (Phi) is 6.89. The highest BCUT2D eigenvalue weighted by Crippen LogP contribution is 2.25. The van der Waals surface area contributed by atoms with Crippen molar-refractivity contribution in [2.24, 2.45) is 0 Å². The molecule has 37 heavy (non-hydrogen) atoms. The van der Waals surface area contributed by atoms with Gasteiger partial charge >= 0.3 is 0 Å². The van der Waals surface area contributed by atoms with Gasteiger partial charge in [-0.05, 0) is 55.5 Å². The van der Waals surface area contributed by atoms with Crippen molar-refractivity contribution in [3.63, 3.8) is 0 Å². The number of amides is 1. The van der Waals surface area contributed by atoms with Crippen molar-refractivity contribution in [1.82, 2.24) is 19.7 Å². The second-order valence-electron chi connectivity index (χ2n) is 8.82. The first-order chi connectivity index (χ1) is 18.0. The van der Waals surface area contributed by atoms with Crippen LogP contribution in [-0.2, 0) is 4.79 Å². The molecule has 7 nitrogen and oxygen atoms in total. The van der Waals surface area contributed by atoms with E-state index < -0.39 is 5.82 Å². The first-order valence-corrected chi connectivity index (χ1v) is 12.1. The van der Waals surface area contributed by atoms with E-state index in [0.29, 0.717) is 37.4 Å². The quantitative estimate of drug-likeness (QED) is 0.288. The van der Waals surface area contributed by atoms with E-state index in [9.17, 15) is 14.0 Å². The van der Waals surface area contributed by atoms with Crippen LogP contribution in [0, 0.1) is 5.82 Å². The van der Waals surface area contributed by atoms with Crippen LogP contribution in [0.15, 0.2) is 85.3 Å². The van der Waals surface area contributed by atoms with Crippen molar-refractivity contribution < 1.29 is 14.0 Å². The average molecular weight is 496 g/mol. The summed E-state index contributed by atoms with van der Waals surface area (Å²) < 4.78 is 16.4. The molecule has 0 unspecified atom stereocenters. The van der Waals surface area contributed by atoms with Crippen LogP contribution in [-0.4, -0.2) is 57.5 Å². The van der Waals surface area contributed by atoms with Gasteiger partial charge < -0.3 is 9.80 Å². The fourth-order valence-electron chi connectivity index (χ4n) is 4.37. The van der Waals surface area contributed by atoms with Crippen molar-refractivity contribution in [1.29, 1.82) is 0 Å². The van der Waals surface area contributed by atoms with E-state index in [1.165, 1.54) is 13.0 Å². The van der Waals surface area contributed by atoms with Gasteiger partial charge in [0.15, 0.2) is 5.78 Å². The molecule has 2 aromatic carbocycles. The fraction of sp³-hybridized carbons (Fsp3) is 0.172. The molecule has 3 heterocycles. The standard InChI is InChI=1S/C29H26FN5O2/c1-21(36)22-9-11-27(26(30)18-22)33-14-16-34(17-15-33)28(37)12-10-24-20-35(25-7-3-2-4-8-25)32-29(24)23-6-5-13-31-19-23/h2-13,18-20H,14-17H2,1H3/b12-10+. The predicted molar refractivity (Wildman–Crippen MR) is 141 cm³/mol. The smallest absolute Gasteiger partial charge is 0.246 e. The number of ketones is 1. The molecule has 1 fully saturated rings. The minimum atomic E-state index is -0.425. The summed E-state index contributed by atoms with van der Waals surface area (Å²) in [4.78, 5) is 32.4. The van der Waals surface area contributed by atoms with E-state index in [0.717, 1.165) is 22.5 Å². The largest absolute Gasteiger partial charge is 0.366 e. The molecule has 1 aliphatic heterocycles. The van der Waals surface area contributed by atoms with Gasteiger partial charge in [-0.25, -0.2) is 9.07 Å². The Labute approximate surface area is 214 Å². The number of hydrogen-bond donors (Lipinski definition) is 0. The molecular formula is C29H26FN5O2. The van der Waals surface area contributed by atoms with Gasteiger partial charge in [-0.1, -0.05) is 18.2 Å². The first-order valence-electron chi connectivity index (χ1n) is 12.1. The molecule has 0 radical (unpaired) electrons. The average Bonchev–Trinajstić information content (AvgIpc) is 3.37. The summed E-state index contributed by atoms with van der Waals surface area (Å²) in [6.45, 7) is 3.36. The number of nitrogens with zero attached hydrogens (tertiary/aromatic N) is 5. The van der Waals surface area contributed by atoms with Crippen LogP contribution in [0.25, 0.3) is 23.0 Å². The highest BCUT2D eigenvalue weighted by atomic mass is 19.1. The number of Topliss-reactive ketones (excluding diaryl/α,β-unsaturated/α-hetero) is 1. The van der Waals surface area contributed by atoms with E-state index in [2.05, 4.69) is 4.98 Å². The minimum Gasteiger partial charge on any atom is -0.366 e. The monoisotopic (exact) mass is 495 g/mol. The number of hydrogen-bond acceptors (Lipinski definition) is 5. The lowest BCUT2D eigenvalue weighted by Gasteiger charge is -2.35. The molecule has 1 amide bonds. The summed E-state index contributed by atoms with van der Waals surface area (Å²) in [5.74, 6) is -0.712. The Morgan fingerprint density at radius 3 is 2.43 bits per heavy atom. The molecule has 0 spiro atoms. The highest BCUT2D eigenvalue weighted by Gasteiger charge is 2.22. The van der Waals surface area contributed by atoms with Gasteiger partial charge in [-0.15, -0.1) is 0 Å². The summed E-state index contributed by atoms with van der Waals surface area (Å²) in [6, 6.07) is 18.1. The molecule has 0 aliphatic carbocycles. The van der Waals surface area contributed by atoms with Gasteiger partial charge in [0.25, 0.3) is 0 Å². The lowest BCUT2D eigenvalue weighted by molar-refractivity contribution is -0.126. The molecule has 0 bridgehead atoms. The molecular weight excluding hydrogens is 469 g/mol. The van der Waals surface area contributed by atoms with Crippen LogP contribution < -0.4 is 4.90 Å². The number of benzene rings is 2. The number of para-hydroxylation sites is 1. The van der Waals surface area contributed by atoms with Gasteiger partial charge in [0.2, 0.25) is 5.91 Å². The zero-order chi connectivity index (χ0) is 25.8. The number of carbonyl (C=O) groups is 2. The SMILES string of the molecule is CC(=O)c1ccc(N2CCN(C(=O)/C=C/c3cn(-c4ccccc4)nc3-c3cccnc3)CC2)c(F)c1. The van der Waals surface area contributed by atoms with Gasteiger partial charge in [0, 0.05) is 67.5 Å². The third-order valence-electron chi connectivity index (χ3n) is 6.39. The first kappa shape index (κ1) is 24.1. The Balaban J connectivity index is 1.30. The van der Waals surface area contributed by atoms with E-state index in [4.69, 9.17) is 5.10 Å². The lowest BCUT2D eigenvalue weighted by atomic mass is 10.1.